The first kappa shape index (κ1) is 10.8. The molecule has 1 saturated heterocycles. The smallest absolute Gasteiger partial charge is 0.265 e. The molecular formula is C10H11BrF2N2. The highest BCUT2D eigenvalue weighted by Crippen LogP contribution is 2.29. The van der Waals surface area contributed by atoms with Crippen LogP contribution in [0.4, 0.5) is 14.5 Å². The normalized spacial score (nSPS) is 20.3. The Morgan fingerprint density at radius 1 is 1.40 bits per heavy atom. The quantitative estimate of drug-likeness (QED) is 0.733. The molecule has 0 atom stereocenters. The lowest BCUT2D eigenvalue weighted by molar-refractivity contribution is -0.0116. The van der Waals surface area contributed by atoms with Gasteiger partial charge in [-0.05, 0) is 34.5 Å². The average molecular weight is 277 g/mol. The molecule has 1 fully saturated rings. The van der Waals surface area contributed by atoms with Gasteiger partial charge < -0.3 is 4.90 Å². The predicted molar refractivity (Wildman–Crippen MR) is 58.3 cm³/mol. The molecule has 0 aliphatic carbocycles. The minimum atomic E-state index is -2.56. The molecule has 82 valence electrons. The molecule has 0 unspecified atom stereocenters. The molecule has 0 bridgehead atoms. The fraction of sp³-hybridized carbons (Fsp3) is 0.500. The molecule has 1 aliphatic rings. The van der Waals surface area contributed by atoms with Crippen molar-refractivity contribution in [1.29, 1.82) is 0 Å². The molecule has 15 heavy (non-hydrogen) atoms. The molecule has 0 radical (unpaired) electrons. The summed E-state index contributed by atoms with van der Waals surface area (Å²) in [5.74, 6) is -2.56. The van der Waals surface area contributed by atoms with Gasteiger partial charge in [-0.25, -0.2) is 13.8 Å². The van der Waals surface area contributed by atoms with Crippen LogP contribution in [-0.2, 0) is 0 Å². The third-order valence-corrected chi connectivity index (χ3v) is 2.94. The van der Waals surface area contributed by atoms with Crippen LogP contribution in [0.5, 0.6) is 0 Å². The zero-order valence-electron chi connectivity index (χ0n) is 8.09. The van der Waals surface area contributed by atoms with Gasteiger partial charge >= 0.3 is 0 Å². The maximum atomic E-state index is 13.1. The van der Waals surface area contributed by atoms with Crippen molar-refractivity contribution in [3.63, 3.8) is 0 Å². The van der Waals surface area contributed by atoms with Crippen LogP contribution in [-0.4, -0.2) is 24.0 Å². The number of rotatable bonds is 1. The second-order valence-corrected chi connectivity index (χ2v) is 4.53. The van der Waals surface area contributed by atoms with Crippen molar-refractivity contribution in [1.82, 2.24) is 4.98 Å². The largest absolute Gasteiger partial charge is 0.364 e. The number of alkyl halides is 2. The van der Waals surface area contributed by atoms with Crippen molar-refractivity contribution in [2.75, 3.05) is 18.0 Å². The van der Waals surface area contributed by atoms with Gasteiger partial charge in [-0.1, -0.05) is 0 Å². The summed E-state index contributed by atoms with van der Waals surface area (Å²) in [4.78, 5) is 5.72. The number of hydrogen-bond acceptors (Lipinski definition) is 2. The van der Waals surface area contributed by atoms with E-state index in [-0.39, 0.29) is 13.0 Å². The van der Waals surface area contributed by atoms with E-state index in [4.69, 9.17) is 0 Å². The maximum absolute atomic E-state index is 13.1. The highest BCUT2D eigenvalue weighted by atomic mass is 79.9. The Balaban J connectivity index is 2.13. The number of piperidine rings is 1. The zero-order chi connectivity index (χ0) is 10.9. The lowest BCUT2D eigenvalue weighted by atomic mass is 10.1. The fourth-order valence-corrected chi connectivity index (χ4v) is 1.98. The van der Waals surface area contributed by atoms with Gasteiger partial charge in [0, 0.05) is 13.0 Å². The first-order valence-electron chi connectivity index (χ1n) is 4.81. The molecular weight excluding hydrogens is 266 g/mol. The van der Waals surface area contributed by atoms with Crippen LogP contribution in [0.2, 0.25) is 0 Å². The van der Waals surface area contributed by atoms with Crippen molar-refractivity contribution in [3.8, 4) is 0 Å². The van der Waals surface area contributed by atoms with Crippen LogP contribution < -0.4 is 4.90 Å². The number of nitrogens with zero attached hydrogens (tertiary/aromatic N) is 2. The standard InChI is InChI=1S/C10H11BrF2N2/c11-9-3-2-8(6-14-9)15-5-1-4-10(12,13)7-15/h2-3,6H,1,4-5,7H2. The highest BCUT2D eigenvalue weighted by molar-refractivity contribution is 9.10. The van der Waals surface area contributed by atoms with Gasteiger partial charge in [-0.3, -0.25) is 0 Å². The summed E-state index contributed by atoms with van der Waals surface area (Å²) in [6, 6.07) is 3.57. The Morgan fingerprint density at radius 2 is 2.20 bits per heavy atom. The Bertz CT molecular complexity index is 340. The van der Waals surface area contributed by atoms with E-state index in [1.165, 1.54) is 0 Å². The van der Waals surface area contributed by atoms with E-state index in [1.54, 1.807) is 23.2 Å². The molecule has 2 rings (SSSR count). The van der Waals surface area contributed by atoms with Crippen LogP contribution >= 0.6 is 15.9 Å². The summed E-state index contributed by atoms with van der Waals surface area (Å²) in [6.07, 6.45) is 2.14. The van der Waals surface area contributed by atoms with E-state index in [9.17, 15) is 8.78 Å². The first-order valence-corrected chi connectivity index (χ1v) is 5.60. The van der Waals surface area contributed by atoms with Crippen molar-refractivity contribution >= 4 is 21.6 Å². The first-order chi connectivity index (χ1) is 7.07. The second kappa shape index (κ2) is 4.04. The molecule has 0 saturated carbocycles. The van der Waals surface area contributed by atoms with Crippen molar-refractivity contribution in [2.45, 2.75) is 18.8 Å². The summed E-state index contributed by atoms with van der Waals surface area (Å²) in [6.45, 7) is 0.481. The van der Waals surface area contributed by atoms with E-state index in [0.29, 0.717) is 13.0 Å². The van der Waals surface area contributed by atoms with E-state index < -0.39 is 5.92 Å². The Morgan fingerprint density at radius 3 is 2.80 bits per heavy atom. The Hall–Kier alpha value is -0.710. The van der Waals surface area contributed by atoms with Gasteiger partial charge in [-0.2, -0.15) is 0 Å². The van der Waals surface area contributed by atoms with Crippen molar-refractivity contribution in [2.24, 2.45) is 0 Å². The minimum absolute atomic E-state index is 0.00649. The van der Waals surface area contributed by atoms with Gasteiger partial charge in [0.1, 0.15) is 4.60 Å². The molecule has 0 amide bonds. The second-order valence-electron chi connectivity index (χ2n) is 3.72. The SMILES string of the molecule is FC1(F)CCCN(c2ccc(Br)nc2)C1. The van der Waals surface area contributed by atoms with Gasteiger partial charge in [0.25, 0.3) is 5.92 Å². The molecule has 0 spiro atoms. The van der Waals surface area contributed by atoms with Gasteiger partial charge in [0.15, 0.2) is 0 Å². The van der Waals surface area contributed by atoms with Crippen molar-refractivity contribution < 1.29 is 8.78 Å². The van der Waals surface area contributed by atoms with Gasteiger partial charge in [-0.15, -0.1) is 0 Å². The maximum Gasteiger partial charge on any atom is 0.265 e. The monoisotopic (exact) mass is 276 g/mol. The highest BCUT2D eigenvalue weighted by Gasteiger charge is 2.35. The van der Waals surface area contributed by atoms with Gasteiger partial charge in [0.05, 0.1) is 18.4 Å². The molecule has 5 heteroatoms. The summed E-state index contributed by atoms with van der Waals surface area (Å²) in [5.41, 5.74) is 0.762. The van der Waals surface area contributed by atoms with E-state index >= 15 is 0 Å². The number of anilines is 1. The molecule has 2 nitrogen and oxygen atoms in total. The van der Waals surface area contributed by atoms with E-state index in [1.807, 2.05) is 0 Å². The molecule has 1 aromatic rings. The molecule has 1 aliphatic heterocycles. The van der Waals surface area contributed by atoms with E-state index in [2.05, 4.69) is 20.9 Å². The van der Waals surface area contributed by atoms with Crippen LogP contribution in [0.25, 0.3) is 0 Å². The molecule has 0 aromatic carbocycles. The predicted octanol–water partition coefficient (Wildman–Crippen LogP) is 3.08. The zero-order valence-corrected chi connectivity index (χ0v) is 9.67. The summed E-state index contributed by atoms with van der Waals surface area (Å²) >= 11 is 3.21. The van der Waals surface area contributed by atoms with Crippen LogP contribution in [0.15, 0.2) is 22.9 Å². The minimum Gasteiger partial charge on any atom is -0.364 e. The number of halogens is 3. The Labute approximate surface area is 95.4 Å². The number of aromatic nitrogens is 1. The third kappa shape index (κ3) is 2.65. The Kier molecular flexibility index (Phi) is 2.91. The summed E-state index contributed by atoms with van der Waals surface area (Å²) < 4.78 is 27.0. The molecule has 1 aromatic heterocycles. The van der Waals surface area contributed by atoms with E-state index in [0.717, 1.165) is 10.3 Å². The van der Waals surface area contributed by atoms with Crippen LogP contribution in [0, 0.1) is 0 Å². The lowest BCUT2D eigenvalue weighted by Gasteiger charge is -2.33. The van der Waals surface area contributed by atoms with Gasteiger partial charge in [0.2, 0.25) is 0 Å². The fourth-order valence-electron chi connectivity index (χ4n) is 1.74. The lowest BCUT2D eigenvalue weighted by Crippen LogP contribution is -2.42. The number of pyridine rings is 1. The summed E-state index contributed by atoms with van der Waals surface area (Å²) in [5, 5.41) is 0. The topological polar surface area (TPSA) is 16.1 Å². The third-order valence-electron chi connectivity index (χ3n) is 2.47. The van der Waals surface area contributed by atoms with Crippen LogP contribution in [0.3, 0.4) is 0 Å². The van der Waals surface area contributed by atoms with Crippen molar-refractivity contribution in [3.05, 3.63) is 22.9 Å². The summed E-state index contributed by atoms with van der Waals surface area (Å²) in [7, 11) is 0. The number of hydrogen-bond donors (Lipinski definition) is 0. The average Bonchev–Trinajstić information content (AvgIpc) is 2.17. The molecule has 2 heterocycles. The molecule has 0 N–H and O–H groups in total. The van der Waals surface area contributed by atoms with Crippen LogP contribution in [0.1, 0.15) is 12.8 Å².